The number of nitrogens with two attached hydrogens (primary N) is 1. The lowest BCUT2D eigenvalue weighted by Crippen LogP contribution is -2.06. The maximum absolute atomic E-state index is 5.86. The minimum Gasteiger partial charge on any atom is -0.485 e. The average molecular weight is 275 g/mol. The third-order valence-corrected chi connectivity index (χ3v) is 3.06. The molecule has 0 fully saturated rings. The zero-order chi connectivity index (χ0) is 14.5. The highest BCUT2D eigenvalue weighted by Crippen LogP contribution is 2.22. The molecule has 0 aliphatic carbocycles. The van der Waals surface area contributed by atoms with Crippen molar-refractivity contribution in [1.82, 2.24) is 10.1 Å². The lowest BCUT2D eigenvalue weighted by molar-refractivity contribution is 0.283. The van der Waals surface area contributed by atoms with Crippen LogP contribution in [0.3, 0.4) is 0 Å². The first kappa shape index (κ1) is 14.5. The molecule has 1 atom stereocenters. The van der Waals surface area contributed by atoms with Crippen LogP contribution in [-0.2, 0) is 13.0 Å². The summed E-state index contributed by atoms with van der Waals surface area (Å²) in [6.07, 6.45) is 1.79. The Hall–Kier alpha value is -1.88. The van der Waals surface area contributed by atoms with E-state index < -0.39 is 0 Å². The monoisotopic (exact) mass is 275 g/mol. The summed E-state index contributed by atoms with van der Waals surface area (Å²) < 4.78 is 10.8. The van der Waals surface area contributed by atoms with Crippen LogP contribution in [0.1, 0.15) is 49.2 Å². The Morgan fingerprint density at radius 3 is 2.85 bits per heavy atom. The van der Waals surface area contributed by atoms with E-state index in [2.05, 4.69) is 17.1 Å². The van der Waals surface area contributed by atoms with Crippen LogP contribution >= 0.6 is 0 Å². The van der Waals surface area contributed by atoms with Crippen molar-refractivity contribution in [1.29, 1.82) is 0 Å². The number of aryl methyl sites for hydroxylation is 2. The second kappa shape index (κ2) is 6.52. The first-order valence-electron chi connectivity index (χ1n) is 6.90. The van der Waals surface area contributed by atoms with Gasteiger partial charge in [0.15, 0.2) is 6.61 Å². The number of aromatic nitrogens is 2. The van der Waals surface area contributed by atoms with Gasteiger partial charge in [0.05, 0.1) is 0 Å². The van der Waals surface area contributed by atoms with Crippen molar-refractivity contribution in [3.63, 3.8) is 0 Å². The van der Waals surface area contributed by atoms with Gasteiger partial charge in [-0.15, -0.1) is 0 Å². The second-order valence-corrected chi connectivity index (χ2v) is 4.96. The van der Waals surface area contributed by atoms with E-state index in [4.69, 9.17) is 15.0 Å². The van der Waals surface area contributed by atoms with Gasteiger partial charge >= 0.3 is 0 Å². The fraction of sp³-hybridized carbons (Fsp3) is 0.467. The molecule has 0 aliphatic rings. The molecule has 1 aromatic heterocycles. The molecule has 1 heterocycles. The third-order valence-electron chi connectivity index (χ3n) is 3.06. The Bertz CT molecular complexity index is 564. The van der Waals surface area contributed by atoms with E-state index in [1.54, 1.807) is 0 Å². The SMILES string of the molecule is CCCc1nc(COc2ccc([C@@H](C)N)cc2C)no1. The molecule has 0 unspecified atom stereocenters. The molecule has 5 nitrogen and oxygen atoms in total. The molecular weight excluding hydrogens is 254 g/mol. The number of benzene rings is 1. The summed E-state index contributed by atoms with van der Waals surface area (Å²) in [5, 5.41) is 3.89. The van der Waals surface area contributed by atoms with Gasteiger partial charge in [-0.1, -0.05) is 24.2 Å². The lowest BCUT2D eigenvalue weighted by Gasteiger charge is -2.11. The van der Waals surface area contributed by atoms with Crippen LogP contribution in [0.5, 0.6) is 5.75 Å². The molecule has 0 saturated heterocycles. The van der Waals surface area contributed by atoms with Crippen molar-refractivity contribution in [2.75, 3.05) is 0 Å². The Morgan fingerprint density at radius 1 is 1.40 bits per heavy atom. The van der Waals surface area contributed by atoms with E-state index in [0.29, 0.717) is 18.3 Å². The normalized spacial score (nSPS) is 12.4. The van der Waals surface area contributed by atoms with Crippen LogP contribution in [0.15, 0.2) is 22.7 Å². The van der Waals surface area contributed by atoms with Gasteiger partial charge < -0.3 is 15.0 Å². The summed E-state index contributed by atoms with van der Waals surface area (Å²) in [6.45, 7) is 6.35. The van der Waals surface area contributed by atoms with Crippen LogP contribution < -0.4 is 10.5 Å². The fourth-order valence-corrected chi connectivity index (χ4v) is 1.92. The van der Waals surface area contributed by atoms with E-state index in [1.807, 2.05) is 32.0 Å². The van der Waals surface area contributed by atoms with Gasteiger partial charge in [0.25, 0.3) is 0 Å². The third kappa shape index (κ3) is 3.57. The van der Waals surface area contributed by atoms with Crippen molar-refractivity contribution in [2.24, 2.45) is 5.73 Å². The maximum atomic E-state index is 5.86. The summed E-state index contributed by atoms with van der Waals surface area (Å²) in [4.78, 5) is 4.27. The number of hydrogen-bond donors (Lipinski definition) is 1. The van der Waals surface area contributed by atoms with E-state index in [9.17, 15) is 0 Å². The van der Waals surface area contributed by atoms with Crippen molar-refractivity contribution >= 4 is 0 Å². The van der Waals surface area contributed by atoms with Crippen molar-refractivity contribution in [3.05, 3.63) is 41.0 Å². The summed E-state index contributed by atoms with van der Waals surface area (Å²) >= 11 is 0. The molecular formula is C15H21N3O2. The van der Waals surface area contributed by atoms with Crippen LogP contribution in [-0.4, -0.2) is 10.1 Å². The average Bonchev–Trinajstić information content (AvgIpc) is 2.85. The van der Waals surface area contributed by atoms with E-state index in [0.717, 1.165) is 29.7 Å². The predicted octanol–water partition coefficient (Wildman–Crippen LogP) is 2.93. The molecule has 0 aliphatic heterocycles. The van der Waals surface area contributed by atoms with Gasteiger partial charge in [-0.2, -0.15) is 4.98 Å². The highest BCUT2D eigenvalue weighted by atomic mass is 16.5. The topological polar surface area (TPSA) is 74.2 Å². The smallest absolute Gasteiger partial charge is 0.226 e. The molecule has 5 heteroatoms. The van der Waals surface area contributed by atoms with Gasteiger partial charge in [0.1, 0.15) is 5.75 Å². The highest BCUT2D eigenvalue weighted by molar-refractivity contribution is 5.37. The summed E-state index contributed by atoms with van der Waals surface area (Å²) in [6, 6.07) is 5.97. The summed E-state index contributed by atoms with van der Waals surface area (Å²) in [7, 11) is 0. The molecule has 2 rings (SSSR count). The molecule has 0 radical (unpaired) electrons. The molecule has 2 aromatic rings. The fourth-order valence-electron chi connectivity index (χ4n) is 1.92. The van der Waals surface area contributed by atoms with Gasteiger partial charge in [0, 0.05) is 12.5 Å². The van der Waals surface area contributed by atoms with Gasteiger partial charge in [-0.05, 0) is 37.5 Å². The first-order valence-corrected chi connectivity index (χ1v) is 6.90. The molecule has 20 heavy (non-hydrogen) atoms. The van der Waals surface area contributed by atoms with Crippen LogP contribution in [0.25, 0.3) is 0 Å². The zero-order valence-electron chi connectivity index (χ0n) is 12.2. The second-order valence-electron chi connectivity index (χ2n) is 4.96. The molecule has 0 amide bonds. The Balaban J connectivity index is 1.99. The number of nitrogens with zero attached hydrogens (tertiary/aromatic N) is 2. The Labute approximate surface area is 119 Å². The number of hydrogen-bond acceptors (Lipinski definition) is 5. The molecule has 2 N–H and O–H groups in total. The molecule has 0 saturated carbocycles. The highest BCUT2D eigenvalue weighted by Gasteiger charge is 2.08. The van der Waals surface area contributed by atoms with Crippen LogP contribution in [0, 0.1) is 6.92 Å². The van der Waals surface area contributed by atoms with Gasteiger partial charge in [-0.25, -0.2) is 0 Å². The number of ether oxygens (including phenoxy) is 1. The van der Waals surface area contributed by atoms with Crippen LogP contribution in [0.4, 0.5) is 0 Å². The van der Waals surface area contributed by atoms with Crippen molar-refractivity contribution < 1.29 is 9.26 Å². The van der Waals surface area contributed by atoms with E-state index in [1.165, 1.54) is 0 Å². The van der Waals surface area contributed by atoms with E-state index >= 15 is 0 Å². The van der Waals surface area contributed by atoms with Gasteiger partial charge in [0.2, 0.25) is 11.7 Å². The molecule has 0 bridgehead atoms. The largest absolute Gasteiger partial charge is 0.485 e. The predicted molar refractivity (Wildman–Crippen MR) is 76.4 cm³/mol. The number of rotatable bonds is 6. The van der Waals surface area contributed by atoms with Crippen molar-refractivity contribution in [2.45, 2.75) is 46.3 Å². The molecule has 0 spiro atoms. The van der Waals surface area contributed by atoms with Crippen LogP contribution in [0.2, 0.25) is 0 Å². The quantitative estimate of drug-likeness (QED) is 0.877. The first-order chi connectivity index (χ1) is 9.60. The minimum absolute atomic E-state index is 0.0246. The zero-order valence-corrected chi connectivity index (χ0v) is 12.2. The maximum Gasteiger partial charge on any atom is 0.226 e. The molecule has 1 aromatic carbocycles. The Kier molecular flexibility index (Phi) is 4.74. The molecule has 108 valence electrons. The summed E-state index contributed by atoms with van der Waals surface area (Å²) in [5.41, 5.74) is 8.01. The van der Waals surface area contributed by atoms with Crippen molar-refractivity contribution in [3.8, 4) is 5.75 Å². The minimum atomic E-state index is 0.0246. The van der Waals surface area contributed by atoms with E-state index in [-0.39, 0.29) is 6.04 Å². The Morgan fingerprint density at radius 2 is 2.20 bits per heavy atom. The lowest BCUT2D eigenvalue weighted by atomic mass is 10.1. The summed E-state index contributed by atoms with van der Waals surface area (Å²) in [5.74, 6) is 2.05. The standard InChI is InChI=1S/C15H21N3O2/c1-4-5-15-17-14(18-20-15)9-19-13-7-6-12(11(3)16)8-10(13)2/h6-8,11H,4-5,9,16H2,1-3H3/t11-/m1/s1. The van der Waals surface area contributed by atoms with Gasteiger partial charge in [-0.3, -0.25) is 0 Å².